The summed E-state index contributed by atoms with van der Waals surface area (Å²) >= 11 is 5.80. The van der Waals surface area contributed by atoms with Gasteiger partial charge in [-0.25, -0.2) is 0 Å². The van der Waals surface area contributed by atoms with Crippen molar-refractivity contribution in [3.8, 4) is 0 Å². The van der Waals surface area contributed by atoms with Crippen molar-refractivity contribution >= 4 is 17.3 Å². The number of oxime groups is 1. The first-order valence-corrected chi connectivity index (χ1v) is 4.81. The van der Waals surface area contributed by atoms with Gasteiger partial charge in [0.15, 0.2) is 0 Å². The smallest absolute Gasteiger partial charge is 0.0639 e. The van der Waals surface area contributed by atoms with E-state index in [0.29, 0.717) is 10.7 Å². The molecule has 1 aromatic rings. The lowest BCUT2D eigenvalue weighted by Gasteiger charge is -2.24. The summed E-state index contributed by atoms with van der Waals surface area (Å²) in [6.07, 6.45) is 0. The minimum absolute atomic E-state index is 0.265. The molecule has 76 valence electrons. The molecule has 1 aromatic carbocycles. The van der Waals surface area contributed by atoms with Gasteiger partial charge in [0.1, 0.15) is 0 Å². The zero-order valence-corrected chi connectivity index (χ0v) is 9.34. The molecule has 0 radical (unpaired) electrons. The highest BCUT2D eigenvalue weighted by Gasteiger charge is 2.24. The third kappa shape index (κ3) is 2.07. The second-order valence-corrected chi connectivity index (χ2v) is 4.25. The summed E-state index contributed by atoms with van der Waals surface area (Å²) in [7, 11) is 0. The van der Waals surface area contributed by atoms with Gasteiger partial charge in [0, 0.05) is 10.4 Å². The Morgan fingerprint density at radius 1 is 1.29 bits per heavy atom. The Morgan fingerprint density at radius 3 is 2.21 bits per heavy atom. The molecule has 0 unspecified atom stereocenters. The zero-order chi connectivity index (χ0) is 10.8. The summed E-state index contributed by atoms with van der Waals surface area (Å²) < 4.78 is 0. The largest absolute Gasteiger partial charge is 0.411 e. The average Bonchev–Trinajstić information content (AvgIpc) is 2.17. The number of hydrogen-bond acceptors (Lipinski definition) is 2. The van der Waals surface area contributed by atoms with Crippen molar-refractivity contribution in [2.45, 2.75) is 26.2 Å². The Labute approximate surface area is 89.2 Å². The highest BCUT2D eigenvalue weighted by molar-refractivity contribution is 6.30. The summed E-state index contributed by atoms with van der Waals surface area (Å²) in [5.41, 5.74) is 1.50. The van der Waals surface area contributed by atoms with Crippen LogP contribution in [0.2, 0.25) is 5.02 Å². The molecule has 0 heterocycles. The molecule has 0 aliphatic heterocycles. The quantitative estimate of drug-likeness (QED) is 0.454. The van der Waals surface area contributed by atoms with Crippen LogP contribution in [0, 0.1) is 0 Å². The molecule has 0 saturated heterocycles. The molecule has 0 aromatic heterocycles. The van der Waals surface area contributed by atoms with Crippen LogP contribution in [0.5, 0.6) is 0 Å². The first kappa shape index (κ1) is 11.1. The van der Waals surface area contributed by atoms with Gasteiger partial charge in [-0.1, -0.05) is 42.7 Å². The van der Waals surface area contributed by atoms with Crippen molar-refractivity contribution in [3.63, 3.8) is 0 Å². The maximum absolute atomic E-state index is 8.75. The van der Waals surface area contributed by atoms with Gasteiger partial charge >= 0.3 is 0 Å². The fourth-order valence-electron chi connectivity index (χ4n) is 1.20. The van der Waals surface area contributed by atoms with Crippen LogP contribution in [0.3, 0.4) is 0 Å². The number of nitrogens with zero attached hydrogens (tertiary/aromatic N) is 1. The summed E-state index contributed by atoms with van der Waals surface area (Å²) in [5.74, 6) is 0. The maximum atomic E-state index is 8.75. The van der Waals surface area contributed by atoms with Gasteiger partial charge in [-0.3, -0.25) is 0 Å². The SMILES string of the molecule is C/C(=N\O)C(C)(C)c1ccc(Cl)cc1. The Hall–Kier alpha value is -1.02. The van der Waals surface area contributed by atoms with Crippen LogP contribution in [0.25, 0.3) is 0 Å². The molecule has 0 atom stereocenters. The molecule has 0 amide bonds. The van der Waals surface area contributed by atoms with E-state index in [1.807, 2.05) is 38.1 Å². The molecule has 2 nitrogen and oxygen atoms in total. The molecule has 1 rings (SSSR count). The minimum atomic E-state index is -0.265. The molecule has 0 fully saturated rings. The van der Waals surface area contributed by atoms with Crippen molar-refractivity contribution in [2.24, 2.45) is 5.16 Å². The predicted molar refractivity (Wildman–Crippen MR) is 59.4 cm³/mol. The van der Waals surface area contributed by atoms with E-state index in [9.17, 15) is 0 Å². The lowest BCUT2D eigenvalue weighted by atomic mass is 9.81. The molecule has 1 N–H and O–H groups in total. The van der Waals surface area contributed by atoms with Gasteiger partial charge in [0.05, 0.1) is 5.71 Å². The molecule has 0 aliphatic rings. The maximum Gasteiger partial charge on any atom is 0.0639 e. The van der Waals surface area contributed by atoms with E-state index >= 15 is 0 Å². The molecule has 14 heavy (non-hydrogen) atoms. The fraction of sp³-hybridized carbons (Fsp3) is 0.364. The second-order valence-electron chi connectivity index (χ2n) is 3.82. The van der Waals surface area contributed by atoms with E-state index in [1.165, 1.54) is 0 Å². The number of halogens is 1. The van der Waals surface area contributed by atoms with Gasteiger partial charge in [-0.15, -0.1) is 0 Å². The van der Waals surface area contributed by atoms with Crippen molar-refractivity contribution in [2.75, 3.05) is 0 Å². The Balaban J connectivity index is 3.10. The van der Waals surface area contributed by atoms with Crippen LogP contribution in [0.1, 0.15) is 26.3 Å². The van der Waals surface area contributed by atoms with E-state index in [2.05, 4.69) is 5.16 Å². The van der Waals surface area contributed by atoms with Crippen LogP contribution < -0.4 is 0 Å². The highest BCUT2D eigenvalue weighted by atomic mass is 35.5. The zero-order valence-electron chi connectivity index (χ0n) is 8.58. The second kappa shape index (κ2) is 4.01. The monoisotopic (exact) mass is 211 g/mol. The van der Waals surface area contributed by atoms with Crippen LogP contribution >= 0.6 is 11.6 Å². The Kier molecular flexibility index (Phi) is 3.17. The molecule has 3 heteroatoms. The van der Waals surface area contributed by atoms with Crippen LogP contribution in [-0.2, 0) is 5.41 Å². The van der Waals surface area contributed by atoms with Gasteiger partial charge < -0.3 is 5.21 Å². The Bertz CT molecular complexity index is 341. The third-order valence-electron chi connectivity index (χ3n) is 2.62. The fourth-order valence-corrected chi connectivity index (χ4v) is 1.33. The third-order valence-corrected chi connectivity index (χ3v) is 2.87. The van der Waals surface area contributed by atoms with Gasteiger partial charge in [-0.05, 0) is 24.6 Å². The van der Waals surface area contributed by atoms with Gasteiger partial charge in [-0.2, -0.15) is 0 Å². The van der Waals surface area contributed by atoms with Gasteiger partial charge in [0.2, 0.25) is 0 Å². The summed E-state index contributed by atoms with van der Waals surface area (Å²) in [5, 5.41) is 12.7. The highest BCUT2D eigenvalue weighted by Crippen LogP contribution is 2.26. The first-order valence-electron chi connectivity index (χ1n) is 4.43. The van der Waals surface area contributed by atoms with E-state index in [1.54, 1.807) is 6.92 Å². The number of hydrogen-bond donors (Lipinski definition) is 1. The number of benzene rings is 1. The van der Waals surface area contributed by atoms with Crippen LogP contribution in [0.4, 0.5) is 0 Å². The molecular weight excluding hydrogens is 198 g/mol. The molecule has 0 aliphatic carbocycles. The topological polar surface area (TPSA) is 32.6 Å². The molecular formula is C11H14ClNO. The first-order chi connectivity index (χ1) is 6.48. The van der Waals surface area contributed by atoms with Crippen molar-refractivity contribution in [1.29, 1.82) is 0 Å². The average molecular weight is 212 g/mol. The lowest BCUT2D eigenvalue weighted by Crippen LogP contribution is -2.26. The normalized spacial score (nSPS) is 13.0. The number of rotatable bonds is 2. The van der Waals surface area contributed by atoms with Crippen LogP contribution in [-0.4, -0.2) is 10.9 Å². The van der Waals surface area contributed by atoms with E-state index in [-0.39, 0.29) is 5.41 Å². The van der Waals surface area contributed by atoms with Crippen LogP contribution in [0.15, 0.2) is 29.4 Å². The molecule has 0 bridgehead atoms. The summed E-state index contributed by atoms with van der Waals surface area (Å²) in [4.78, 5) is 0. The molecule has 0 saturated carbocycles. The minimum Gasteiger partial charge on any atom is -0.411 e. The lowest BCUT2D eigenvalue weighted by molar-refractivity contribution is 0.314. The standard InChI is InChI=1S/C11H14ClNO/c1-8(13-14)11(2,3)9-4-6-10(12)7-5-9/h4-7,14H,1-3H3/b13-8+. The van der Waals surface area contributed by atoms with E-state index in [0.717, 1.165) is 5.56 Å². The Morgan fingerprint density at radius 2 is 1.79 bits per heavy atom. The summed E-state index contributed by atoms with van der Waals surface area (Å²) in [6.45, 7) is 5.81. The molecule has 0 spiro atoms. The summed E-state index contributed by atoms with van der Waals surface area (Å²) in [6, 6.07) is 7.56. The van der Waals surface area contributed by atoms with Crippen molar-refractivity contribution < 1.29 is 5.21 Å². The van der Waals surface area contributed by atoms with Crippen molar-refractivity contribution in [3.05, 3.63) is 34.9 Å². The van der Waals surface area contributed by atoms with Gasteiger partial charge in [0.25, 0.3) is 0 Å². The van der Waals surface area contributed by atoms with E-state index in [4.69, 9.17) is 16.8 Å². The van der Waals surface area contributed by atoms with Crippen molar-refractivity contribution in [1.82, 2.24) is 0 Å². The van der Waals surface area contributed by atoms with E-state index < -0.39 is 0 Å². The predicted octanol–water partition coefficient (Wildman–Crippen LogP) is 3.47.